The number of pyridine rings is 1. The summed E-state index contributed by atoms with van der Waals surface area (Å²) < 4.78 is 36.6. The maximum atomic E-state index is 12.2. The first-order chi connectivity index (χ1) is 6.73. The molecule has 1 heterocycles. The molecule has 0 fully saturated rings. The lowest BCUT2D eigenvalue weighted by Gasteiger charge is -2.09. The van der Waals surface area contributed by atoms with Gasteiger partial charge in [-0.15, -0.1) is 0 Å². The predicted octanol–water partition coefficient (Wildman–Crippen LogP) is 0.963. The van der Waals surface area contributed by atoms with Crippen molar-refractivity contribution in [2.24, 2.45) is 0 Å². The molecule has 5 N–H and O–H groups in total. The van der Waals surface area contributed by atoms with E-state index in [1.165, 1.54) is 0 Å². The van der Waals surface area contributed by atoms with Crippen LogP contribution in [-0.2, 0) is 6.18 Å². The number of carboxylic acid groups (broad SMARTS) is 1. The Bertz CT molecular complexity index is 417. The van der Waals surface area contributed by atoms with Gasteiger partial charge in [0, 0.05) is 0 Å². The van der Waals surface area contributed by atoms with Crippen LogP contribution in [-0.4, -0.2) is 16.1 Å². The zero-order chi connectivity index (χ0) is 11.8. The molecule has 0 saturated heterocycles. The van der Waals surface area contributed by atoms with E-state index in [9.17, 15) is 18.0 Å². The number of nitrogens with two attached hydrogens (primary N) is 2. The van der Waals surface area contributed by atoms with Crippen molar-refractivity contribution in [3.05, 3.63) is 17.3 Å². The molecular weight excluding hydrogens is 215 g/mol. The Morgan fingerprint density at radius 1 is 1.40 bits per heavy atom. The molecule has 0 atom stereocenters. The average molecular weight is 221 g/mol. The van der Waals surface area contributed by atoms with Crippen LogP contribution in [0.2, 0.25) is 0 Å². The molecule has 0 saturated carbocycles. The maximum absolute atomic E-state index is 12.2. The van der Waals surface area contributed by atoms with Crippen LogP contribution in [0.5, 0.6) is 0 Å². The summed E-state index contributed by atoms with van der Waals surface area (Å²) in [6, 6.07) is 0.341. The Balaban J connectivity index is 3.43. The summed E-state index contributed by atoms with van der Waals surface area (Å²) in [5.74, 6) is -2.24. The molecule has 0 aliphatic carbocycles. The van der Waals surface area contributed by atoms with Crippen LogP contribution < -0.4 is 11.5 Å². The molecule has 0 bridgehead atoms. The van der Waals surface area contributed by atoms with E-state index in [1.54, 1.807) is 0 Å². The van der Waals surface area contributed by atoms with Crippen LogP contribution in [0.4, 0.5) is 24.7 Å². The molecule has 0 amide bonds. The molecule has 0 unspecified atom stereocenters. The Kier molecular flexibility index (Phi) is 2.44. The third-order valence-electron chi connectivity index (χ3n) is 1.61. The molecular formula is C7H6F3N3O2. The maximum Gasteiger partial charge on any atom is 0.433 e. The number of anilines is 2. The number of carbonyl (C=O) groups is 1. The fraction of sp³-hybridized carbons (Fsp3) is 0.143. The highest BCUT2D eigenvalue weighted by atomic mass is 19.4. The van der Waals surface area contributed by atoms with Gasteiger partial charge in [-0.25, -0.2) is 9.78 Å². The van der Waals surface area contributed by atoms with E-state index in [0.29, 0.717) is 6.07 Å². The molecule has 1 aromatic heterocycles. The third-order valence-corrected chi connectivity index (χ3v) is 1.61. The standard InChI is InChI=1S/C7H6F3N3O2/c8-7(9,10)3-1-2(6(14)15)4(11)5(12)13-3/h1H,11H2,(H2,12,13)(H,14,15). The van der Waals surface area contributed by atoms with Gasteiger partial charge in [0.15, 0.2) is 0 Å². The minimum atomic E-state index is -4.76. The second-order valence-electron chi connectivity index (χ2n) is 2.66. The fourth-order valence-electron chi connectivity index (χ4n) is 0.897. The van der Waals surface area contributed by atoms with Crippen LogP contribution in [0.3, 0.4) is 0 Å². The first-order valence-electron chi connectivity index (χ1n) is 3.60. The number of halogens is 3. The molecule has 0 aliphatic rings. The number of carboxylic acids is 1. The van der Waals surface area contributed by atoms with Crippen LogP contribution in [0.15, 0.2) is 6.07 Å². The van der Waals surface area contributed by atoms with Crippen molar-refractivity contribution in [1.29, 1.82) is 0 Å². The van der Waals surface area contributed by atoms with Gasteiger partial charge >= 0.3 is 12.1 Å². The molecule has 0 radical (unpaired) electrons. The van der Waals surface area contributed by atoms with Crippen molar-refractivity contribution < 1.29 is 23.1 Å². The molecule has 5 nitrogen and oxygen atoms in total. The topological polar surface area (TPSA) is 102 Å². The van der Waals surface area contributed by atoms with Crippen molar-refractivity contribution in [2.75, 3.05) is 11.5 Å². The van der Waals surface area contributed by atoms with Gasteiger partial charge in [0.25, 0.3) is 0 Å². The lowest BCUT2D eigenvalue weighted by Crippen LogP contribution is -2.14. The molecule has 0 aromatic carbocycles. The molecule has 0 aliphatic heterocycles. The number of alkyl halides is 3. The minimum Gasteiger partial charge on any atom is -0.478 e. The number of nitrogens with zero attached hydrogens (tertiary/aromatic N) is 1. The molecule has 0 spiro atoms. The van der Waals surface area contributed by atoms with Gasteiger partial charge in [-0.2, -0.15) is 13.2 Å². The number of aromatic carboxylic acids is 1. The lowest BCUT2D eigenvalue weighted by atomic mass is 10.2. The van der Waals surface area contributed by atoms with Gasteiger partial charge in [0.05, 0.1) is 11.3 Å². The van der Waals surface area contributed by atoms with E-state index in [-0.39, 0.29) is 0 Å². The SMILES string of the molecule is Nc1nc(C(F)(F)F)cc(C(=O)O)c1N. The van der Waals surface area contributed by atoms with Gasteiger partial charge in [0.1, 0.15) is 11.5 Å². The predicted molar refractivity (Wildman–Crippen MR) is 45.0 cm³/mol. The summed E-state index contributed by atoms with van der Waals surface area (Å²) in [5.41, 5.74) is 7.64. The number of hydrogen-bond acceptors (Lipinski definition) is 4. The van der Waals surface area contributed by atoms with E-state index in [1.807, 2.05) is 0 Å². The highest BCUT2D eigenvalue weighted by Gasteiger charge is 2.34. The van der Waals surface area contributed by atoms with Gasteiger partial charge in [-0.3, -0.25) is 0 Å². The van der Waals surface area contributed by atoms with E-state index in [4.69, 9.17) is 16.6 Å². The second kappa shape index (κ2) is 3.30. The zero-order valence-electron chi connectivity index (χ0n) is 7.17. The van der Waals surface area contributed by atoms with Gasteiger partial charge in [-0.1, -0.05) is 0 Å². The lowest BCUT2D eigenvalue weighted by molar-refractivity contribution is -0.141. The van der Waals surface area contributed by atoms with Gasteiger partial charge in [0.2, 0.25) is 0 Å². The molecule has 15 heavy (non-hydrogen) atoms. The first kappa shape index (κ1) is 11.1. The molecule has 1 aromatic rings. The normalized spacial score (nSPS) is 11.4. The Morgan fingerprint density at radius 2 is 1.93 bits per heavy atom. The number of rotatable bonds is 1. The van der Waals surface area contributed by atoms with Crippen LogP contribution in [0.25, 0.3) is 0 Å². The third kappa shape index (κ3) is 2.09. The van der Waals surface area contributed by atoms with Crippen LogP contribution in [0, 0.1) is 0 Å². The second-order valence-corrected chi connectivity index (χ2v) is 2.66. The van der Waals surface area contributed by atoms with Crippen molar-refractivity contribution in [2.45, 2.75) is 6.18 Å². The first-order valence-corrected chi connectivity index (χ1v) is 3.60. The van der Waals surface area contributed by atoms with E-state index >= 15 is 0 Å². The monoisotopic (exact) mass is 221 g/mol. The number of hydrogen-bond donors (Lipinski definition) is 3. The minimum absolute atomic E-state index is 0.341. The van der Waals surface area contributed by atoms with E-state index < -0.39 is 34.9 Å². The zero-order valence-corrected chi connectivity index (χ0v) is 7.17. The van der Waals surface area contributed by atoms with Crippen molar-refractivity contribution in [3.63, 3.8) is 0 Å². The van der Waals surface area contributed by atoms with Crippen LogP contribution in [0.1, 0.15) is 16.1 Å². The van der Waals surface area contributed by atoms with Crippen molar-refractivity contribution in [3.8, 4) is 0 Å². The van der Waals surface area contributed by atoms with Crippen molar-refractivity contribution >= 4 is 17.5 Å². The van der Waals surface area contributed by atoms with E-state index in [2.05, 4.69) is 4.98 Å². The Hall–Kier alpha value is -1.99. The average Bonchev–Trinajstić information content (AvgIpc) is 2.06. The smallest absolute Gasteiger partial charge is 0.433 e. The van der Waals surface area contributed by atoms with Crippen molar-refractivity contribution in [1.82, 2.24) is 4.98 Å². The largest absolute Gasteiger partial charge is 0.478 e. The summed E-state index contributed by atoms with van der Waals surface area (Å²) in [7, 11) is 0. The summed E-state index contributed by atoms with van der Waals surface area (Å²) in [6.07, 6.45) is -4.76. The summed E-state index contributed by atoms with van der Waals surface area (Å²) >= 11 is 0. The fourth-order valence-corrected chi connectivity index (χ4v) is 0.897. The summed E-state index contributed by atoms with van der Waals surface area (Å²) in [4.78, 5) is 13.5. The quantitative estimate of drug-likeness (QED) is 0.655. The highest BCUT2D eigenvalue weighted by molar-refractivity contribution is 5.96. The summed E-state index contributed by atoms with van der Waals surface area (Å²) in [6.45, 7) is 0. The molecule has 8 heteroatoms. The highest BCUT2D eigenvalue weighted by Crippen LogP contribution is 2.31. The van der Waals surface area contributed by atoms with Gasteiger partial charge < -0.3 is 16.6 Å². The Morgan fingerprint density at radius 3 is 2.33 bits per heavy atom. The van der Waals surface area contributed by atoms with E-state index in [0.717, 1.165) is 0 Å². The molecule has 82 valence electrons. The molecule has 1 rings (SSSR count). The summed E-state index contributed by atoms with van der Waals surface area (Å²) in [5, 5.41) is 8.55. The van der Waals surface area contributed by atoms with Crippen LogP contribution >= 0.6 is 0 Å². The number of nitrogen functional groups attached to an aromatic ring is 2. The number of aromatic nitrogens is 1. The Labute approximate surface area is 81.5 Å². The van der Waals surface area contributed by atoms with Gasteiger partial charge in [-0.05, 0) is 6.07 Å².